The predicted octanol–water partition coefficient (Wildman–Crippen LogP) is 3.72. The lowest BCUT2D eigenvalue weighted by molar-refractivity contribution is -0.126. The van der Waals surface area contributed by atoms with Crippen LogP contribution in [0.1, 0.15) is 24.5 Å². The molecule has 1 heterocycles. The zero-order chi connectivity index (χ0) is 19.4. The third kappa shape index (κ3) is 4.42. The molecule has 3 rings (SSSR count). The molecule has 0 saturated carbocycles. The van der Waals surface area contributed by atoms with Gasteiger partial charge in [-0.3, -0.25) is 9.59 Å². The molecule has 0 spiro atoms. The highest BCUT2D eigenvalue weighted by Crippen LogP contribution is 2.31. The summed E-state index contributed by atoms with van der Waals surface area (Å²) >= 11 is 6.16. The van der Waals surface area contributed by atoms with Gasteiger partial charge >= 0.3 is 0 Å². The quantitative estimate of drug-likeness (QED) is 0.823. The zero-order valence-electron chi connectivity index (χ0n) is 15.5. The van der Waals surface area contributed by atoms with Crippen molar-refractivity contribution in [3.05, 3.63) is 58.6 Å². The Morgan fingerprint density at radius 3 is 2.70 bits per heavy atom. The van der Waals surface area contributed by atoms with Gasteiger partial charge in [-0.15, -0.1) is 0 Å². The Balaban J connectivity index is 1.59. The third-order valence-electron chi connectivity index (χ3n) is 4.73. The molecule has 1 fully saturated rings. The standard InChI is InChI=1S/C21H23ClN2O3/c1-3-27-17-9-7-15(8-10-17)12-23-21(26)16-11-20(25)24(13-16)19-6-4-5-18(22)14(19)2/h4-10,16H,3,11-13H2,1-2H3,(H,23,26)/t16-/m1/s1. The van der Waals surface area contributed by atoms with Gasteiger partial charge in [-0.05, 0) is 49.2 Å². The molecule has 1 N–H and O–H groups in total. The Bertz CT molecular complexity index is 836. The van der Waals surface area contributed by atoms with E-state index < -0.39 is 0 Å². The Hall–Kier alpha value is -2.53. The van der Waals surface area contributed by atoms with Crippen molar-refractivity contribution in [3.8, 4) is 5.75 Å². The number of carbonyl (C=O) groups excluding carboxylic acids is 2. The van der Waals surface area contributed by atoms with E-state index in [2.05, 4.69) is 5.32 Å². The molecule has 2 aromatic carbocycles. The molecular formula is C21H23ClN2O3. The highest BCUT2D eigenvalue weighted by atomic mass is 35.5. The number of anilines is 1. The van der Waals surface area contributed by atoms with E-state index in [0.29, 0.717) is 24.7 Å². The van der Waals surface area contributed by atoms with Crippen LogP contribution in [-0.2, 0) is 16.1 Å². The van der Waals surface area contributed by atoms with Gasteiger partial charge in [0.25, 0.3) is 0 Å². The fourth-order valence-electron chi connectivity index (χ4n) is 3.21. The second kappa shape index (κ2) is 8.44. The van der Waals surface area contributed by atoms with Gasteiger partial charge in [0, 0.05) is 30.2 Å². The lowest BCUT2D eigenvalue weighted by Gasteiger charge is -2.19. The monoisotopic (exact) mass is 386 g/mol. The van der Waals surface area contributed by atoms with Gasteiger partial charge in [0.1, 0.15) is 5.75 Å². The largest absolute Gasteiger partial charge is 0.494 e. The van der Waals surface area contributed by atoms with Crippen molar-refractivity contribution in [2.24, 2.45) is 5.92 Å². The summed E-state index contributed by atoms with van der Waals surface area (Å²) in [5, 5.41) is 3.54. The molecule has 142 valence electrons. The topological polar surface area (TPSA) is 58.6 Å². The molecule has 0 radical (unpaired) electrons. The lowest BCUT2D eigenvalue weighted by atomic mass is 10.1. The maximum absolute atomic E-state index is 12.5. The SMILES string of the molecule is CCOc1ccc(CNC(=O)[C@@H]2CC(=O)N(c3cccc(Cl)c3C)C2)cc1. The van der Waals surface area contributed by atoms with Gasteiger partial charge in [-0.25, -0.2) is 0 Å². The molecular weight excluding hydrogens is 364 g/mol. The van der Waals surface area contributed by atoms with Crippen LogP contribution in [0.5, 0.6) is 5.75 Å². The van der Waals surface area contributed by atoms with Crippen LogP contribution in [0.4, 0.5) is 5.69 Å². The molecule has 1 aliphatic heterocycles. The first-order chi connectivity index (χ1) is 13.0. The lowest BCUT2D eigenvalue weighted by Crippen LogP contribution is -2.32. The summed E-state index contributed by atoms with van der Waals surface area (Å²) < 4.78 is 5.41. The minimum absolute atomic E-state index is 0.0541. The molecule has 0 aliphatic carbocycles. The highest BCUT2D eigenvalue weighted by Gasteiger charge is 2.35. The maximum atomic E-state index is 12.5. The van der Waals surface area contributed by atoms with Gasteiger partial charge in [0.05, 0.1) is 12.5 Å². The number of halogens is 1. The van der Waals surface area contributed by atoms with Crippen molar-refractivity contribution in [3.63, 3.8) is 0 Å². The molecule has 2 aromatic rings. The summed E-state index contributed by atoms with van der Waals surface area (Å²) in [7, 11) is 0. The molecule has 6 heteroatoms. The number of ether oxygens (including phenoxy) is 1. The molecule has 2 amide bonds. The van der Waals surface area contributed by atoms with Crippen LogP contribution in [0.15, 0.2) is 42.5 Å². The predicted molar refractivity (Wildman–Crippen MR) is 106 cm³/mol. The maximum Gasteiger partial charge on any atom is 0.227 e. The first-order valence-electron chi connectivity index (χ1n) is 9.04. The highest BCUT2D eigenvalue weighted by molar-refractivity contribution is 6.31. The Kier molecular flexibility index (Phi) is 6.01. The van der Waals surface area contributed by atoms with Crippen molar-refractivity contribution in [2.75, 3.05) is 18.1 Å². The average molecular weight is 387 g/mol. The molecule has 0 aromatic heterocycles. The number of rotatable bonds is 6. The fourth-order valence-corrected chi connectivity index (χ4v) is 3.38. The van der Waals surface area contributed by atoms with Crippen LogP contribution in [0.25, 0.3) is 0 Å². The molecule has 0 unspecified atom stereocenters. The first-order valence-corrected chi connectivity index (χ1v) is 9.42. The van der Waals surface area contributed by atoms with Crippen LogP contribution in [0.3, 0.4) is 0 Å². The van der Waals surface area contributed by atoms with Crippen LogP contribution in [0.2, 0.25) is 5.02 Å². The molecule has 5 nitrogen and oxygen atoms in total. The van der Waals surface area contributed by atoms with Crippen molar-refractivity contribution in [1.82, 2.24) is 5.32 Å². The Morgan fingerprint density at radius 1 is 1.26 bits per heavy atom. The Labute approximate surface area is 164 Å². The van der Waals surface area contributed by atoms with Crippen molar-refractivity contribution < 1.29 is 14.3 Å². The van der Waals surface area contributed by atoms with Gasteiger partial charge in [-0.1, -0.05) is 29.8 Å². The fraction of sp³-hybridized carbons (Fsp3) is 0.333. The summed E-state index contributed by atoms with van der Waals surface area (Å²) in [4.78, 5) is 26.6. The van der Waals surface area contributed by atoms with E-state index in [1.807, 2.05) is 50.2 Å². The summed E-state index contributed by atoms with van der Waals surface area (Å²) in [6, 6.07) is 13.1. The summed E-state index contributed by atoms with van der Waals surface area (Å²) in [5.74, 6) is 0.279. The minimum atomic E-state index is -0.362. The normalized spacial score (nSPS) is 16.5. The van der Waals surface area contributed by atoms with Gasteiger partial charge in [0.15, 0.2) is 0 Å². The number of benzene rings is 2. The summed E-state index contributed by atoms with van der Waals surface area (Å²) in [5.41, 5.74) is 2.61. The third-order valence-corrected chi connectivity index (χ3v) is 5.14. The Morgan fingerprint density at radius 2 is 2.00 bits per heavy atom. The zero-order valence-corrected chi connectivity index (χ0v) is 16.3. The smallest absolute Gasteiger partial charge is 0.227 e. The van der Waals surface area contributed by atoms with E-state index in [1.165, 1.54) is 0 Å². The number of nitrogens with one attached hydrogen (secondary N) is 1. The van der Waals surface area contributed by atoms with E-state index in [-0.39, 0.29) is 24.2 Å². The number of carbonyl (C=O) groups is 2. The number of hydrogen-bond donors (Lipinski definition) is 1. The van der Waals surface area contributed by atoms with Gasteiger partial charge in [-0.2, -0.15) is 0 Å². The van der Waals surface area contributed by atoms with Crippen LogP contribution >= 0.6 is 11.6 Å². The average Bonchev–Trinajstić information content (AvgIpc) is 3.05. The van der Waals surface area contributed by atoms with E-state index in [4.69, 9.17) is 16.3 Å². The molecule has 0 bridgehead atoms. The van der Waals surface area contributed by atoms with E-state index >= 15 is 0 Å². The van der Waals surface area contributed by atoms with Crippen LogP contribution in [0, 0.1) is 12.8 Å². The van der Waals surface area contributed by atoms with Crippen LogP contribution in [-0.4, -0.2) is 25.0 Å². The summed E-state index contributed by atoms with van der Waals surface area (Å²) in [6.07, 6.45) is 0.209. The first kappa shape index (κ1) is 19.2. The van der Waals surface area contributed by atoms with Crippen molar-refractivity contribution >= 4 is 29.1 Å². The minimum Gasteiger partial charge on any atom is -0.494 e. The second-order valence-corrected chi connectivity index (χ2v) is 6.99. The second-order valence-electron chi connectivity index (χ2n) is 6.58. The molecule has 27 heavy (non-hydrogen) atoms. The van der Waals surface area contributed by atoms with Gasteiger partial charge < -0.3 is 15.0 Å². The van der Waals surface area contributed by atoms with E-state index in [1.54, 1.807) is 11.0 Å². The number of nitrogens with zero attached hydrogens (tertiary/aromatic N) is 1. The summed E-state index contributed by atoms with van der Waals surface area (Å²) in [6.45, 7) is 5.23. The number of amides is 2. The molecule has 1 aliphatic rings. The van der Waals surface area contributed by atoms with Crippen LogP contribution < -0.4 is 15.0 Å². The van der Waals surface area contributed by atoms with Crippen molar-refractivity contribution in [2.45, 2.75) is 26.8 Å². The number of hydrogen-bond acceptors (Lipinski definition) is 3. The van der Waals surface area contributed by atoms with Crippen molar-refractivity contribution in [1.29, 1.82) is 0 Å². The molecule has 1 atom stereocenters. The van der Waals surface area contributed by atoms with Gasteiger partial charge in [0.2, 0.25) is 11.8 Å². The van der Waals surface area contributed by atoms with E-state index in [0.717, 1.165) is 22.6 Å². The molecule has 1 saturated heterocycles. The van der Waals surface area contributed by atoms with E-state index in [9.17, 15) is 9.59 Å².